The van der Waals surface area contributed by atoms with Crippen LogP contribution in [0, 0.1) is 17.6 Å². The molecule has 6 rings (SSSR count). The number of aromatic nitrogens is 1. The third kappa shape index (κ3) is 5.33. The smallest absolute Gasteiger partial charge is 0.338 e. The molecule has 3 heterocycles. The molecule has 1 fully saturated rings. The van der Waals surface area contributed by atoms with Gasteiger partial charge in [0.05, 0.1) is 28.8 Å². The molecular formula is C31H23F2N3O6S2. The van der Waals surface area contributed by atoms with Crippen LogP contribution >= 0.6 is 23.1 Å². The van der Waals surface area contributed by atoms with E-state index in [-0.39, 0.29) is 24.4 Å². The number of hydrogen-bond donors (Lipinski definition) is 1. The average molecular weight is 636 g/mol. The molecule has 13 heteroatoms. The molecule has 1 N–H and O–H groups in total. The Morgan fingerprint density at radius 2 is 1.52 bits per heavy atom. The minimum absolute atomic E-state index is 0.193. The van der Waals surface area contributed by atoms with Crippen LogP contribution in [-0.4, -0.2) is 40.1 Å². The van der Waals surface area contributed by atoms with E-state index in [0.29, 0.717) is 21.2 Å². The van der Waals surface area contributed by atoms with E-state index in [9.17, 15) is 32.8 Å². The molecule has 3 aromatic carbocycles. The van der Waals surface area contributed by atoms with E-state index < -0.39 is 57.3 Å². The Labute approximate surface area is 257 Å². The largest absolute Gasteiger partial charge is 0.462 e. The van der Waals surface area contributed by atoms with Crippen molar-refractivity contribution in [1.82, 2.24) is 4.57 Å². The molecule has 3 atom stereocenters. The van der Waals surface area contributed by atoms with Gasteiger partial charge in [0, 0.05) is 16.5 Å². The second-order valence-electron chi connectivity index (χ2n) is 10.1. The first-order valence-corrected chi connectivity index (χ1v) is 15.2. The van der Waals surface area contributed by atoms with Gasteiger partial charge < -0.3 is 10.1 Å². The number of carbonyl (C=O) groups excluding carboxylic acids is 4. The number of carbonyl (C=O) groups is 4. The first kappa shape index (κ1) is 29.5. The number of amides is 3. The molecule has 0 saturated carbocycles. The van der Waals surface area contributed by atoms with Crippen molar-refractivity contribution in [3.05, 3.63) is 110 Å². The molecule has 2 aliphatic heterocycles. The van der Waals surface area contributed by atoms with Gasteiger partial charge >= 0.3 is 10.8 Å². The molecule has 2 aliphatic rings. The van der Waals surface area contributed by atoms with Crippen molar-refractivity contribution in [3.8, 4) is 0 Å². The van der Waals surface area contributed by atoms with Crippen molar-refractivity contribution in [2.24, 2.45) is 5.92 Å². The number of nitrogens with one attached hydrogen (secondary N) is 1. The lowest BCUT2D eigenvalue weighted by Crippen LogP contribution is -2.33. The summed E-state index contributed by atoms with van der Waals surface area (Å²) in [7, 11) is 0. The van der Waals surface area contributed by atoms with Gasteiger partial charge in [0.2, 0.25) is 17.7 Å². The molecule has 3 amide bonds. The van der Waals surface area contributed by atoms with E-state index in [1.54, 1.807) is 6.92 Å². The first-order chi connectivity index (χ1) is 21.2. The van der Waals surface area contributed by atoms with Gasteiger partial charge in [-0.2, -0.15) is 0 Å². The number of thiazole rings is 1. The lowest BCUT2D eigenvalue weighted by Gasteiger charge is -2.30. The van der Waals surface area contributed by atoms with Crippen molar-refractivity contribution < 1.29 is 32.7 Å². The van der Waals surface area contributed by atoms with Gasteiger partial charge in [0.15, 0.2) is 0 Å². The zero-order valence-electron chi connectivity index (χ0n) is 23.0. The minimum Gasteiger partial charge on any atom is -0.462 e. The van der Waals surface area contributed by atoms with Crippen molar-refractivity contribution in [2.45, 2.75) is 29.7 Å². The Morgan fingerprint density at radius 3 is 2.16 bits per heavy atom. The van der Waals surface area contributed by atoms with Crippen LogP contribution in [-0.2, 0) is 25.7 Å². The molecule has 1 saturated heterocycles. The summed E-state index contributed by atoms with van der Waals surface area (Å²) in [6.07, 6.45) is 0. The van der Waals surface area contributed by atoms with Gasteiger partial charge in [-0.15, -0.1) is 0 Å². The molecule has 4 aromatic rings. The lowest BCUT2D eigenvalue weighted by atomic mass is 9.83. The molecule has 9 nitrogen and oxygen atoms in total. The van der Waals surface area contributed by atoms with Crippen LogP contribution in [0.25, 0.3) is 0 Å². The van der Waals surface area contributed by atoms with Crippen molar-refractivity contribution in [1.29, 1.82) is 0 Å². The molecule has 0 spiro atoms. The number of anilines is 2. The number of fused-ring (bicyclic) bond motifs is 2. The lowest BCUT2D eigenvalue weighted by molar-refractivity contribution is -0.122. The monoisotopic (exact) mass is 635 g/mol. The Kier molecular flexibility index (Phi) is 7.91. The van der Waals surface area contributed by atoms with Gasteiger partial charge in [-0.1, -0.05) is 35.2 Å². The second-order valence-corrected chi connectivity index (χ2v) is 12.2. The van der Waals surface area contributed by atoms with Crippen molar-refractivity contribution >= 4 is 58.2 Å². The molecule has 0 radical (unpaired) electrons. The molecule has 0 bridgehead atoms. The van der Waals surface area contributed by atoms with Crippen LogP contribution in [0.5, 0.6) is 0 Å². The van der Waals surface area contributed by atoms with Gasteiger partial charge in [-0.05, 0) is 73.2 Å². The average Bonchev–Trinajstić information content (AvgIpc) is 3.45. The maximum Gasteiger partial charge on any atom is 0.338 e. The summed E-state index contributed by atoms with van der Waals surface area (Å²) in [6.45, 7) is 1.49. The van der Waals surface area contributed by atoms with E-state index in [1.165, 1.54) is 77.4 Å². The third-order valence-corrected chi connectivity index (χ3v) is 9.95. The Bertz CT molecular complexity index is 1840. The van der Waals surface area contributed by atoms with Crippen LogP contribution in [0.15, 0.2) is 82.6 Å². The van der Waals surface area contributed by atoms with Gasteiger partial charge in [-0.3, -0.25) is 23.7 Å². The molecular weight excluding hydrogens is 612 g/mol. The van der Waals surface area contributed by atoms with Gasteiger partial charge in [0.25, 0.3) is 0 Å². The highest BCUT2D eigenvalue weighted by Gasteiger charge is 2.56. The SMILES string of the molecule is CCOC(=O)c1ccc(N2C(=O)[C@@H]3[C@H](c4ccc(F)cc4)c4sc(=O)n(CC(=O)Nc5ccc(F)cc5)c4S[C@@H]3C2=O)cc1. The predicted octanol–water partition coefficient (Wildman–Crippen LogP) is 4.80. The fourth-order valence-corrected chi connectivity index (χ4v) is 8.15. The summed E-state index contributed by atoms with van der Waals surface area (Å²) < 4.78 is 33.5. The summed E-state index contributed by atoms with van der Waals surface area (Å²) >= 11 is 1.90. The predicted molar refractivity (Wildman–Crippen MR) is 160 cm³/mol. The fourth-order valence-electron chi connectivity index (χ4n) is 5.38. The maximum absolute atomic E-state index is 14.0. The number of nitrogens with zero attached hydrogens (tertiary/aromatic N) is 2. The Hall–Kier alpha value is -4.62. The van der Waals surface area contributed by atoms with E-state index in [0.717, 1.165) is 28.0 Å². The first-order valence-electron chi connectivity index (χ1n) is 13.5. The van der Waals surface area contributed by atoms with E-state index in [2.05, 4.69) is 5.32 Å². The minimum atomic E-state index is -0.949. The summed E-state index contributed by atoms with van der Waals surface area (Å²) in [6, 6.07) is 16.6. The molecule has 0 unspecified atom stereocenters. The topological polar surface area (TPSA) is 115 Å². The quantitative estimate of drug-likeness (QED) is 0.229. The van der Waals surface area contributed by atoms with Crippen LogP contribution < -0.4 is 15.1 Å². The zero-order chi connectivity index (χ0) is 31.1. The van der Waals surface area contributed by atoms with E-state index in [4.69, 9.17) is 4.74 Å². The third-order valence-electron chi connectivity index (χ3n) is 7.34. The molecule has 1 aromatic heterocycles. The number of imide groups is 1. The van der Waals surface area contributed by atoms with Crippen LogP contribution in [0.2, 0.25) is 0 Å². The van der Waals surface area contributed by atoms with Crippen LogP contribution in [0.1, 0.15) is 33.6 Å². The highest BCUT2D eigenvalue weighted by atomic mass is 32.2. The fraction of sp³-hybridized carbons (Fsp3) is 0.194. The number of halogens is 2. The van der Waals surface area contributed by atoms with Crippen LogP contribution in [0.3, 0.4) is 0 Å². The standard InChI is InChI=1S/C31H23F2N3O6S2/c1-2-42-30(40)17-5-13-21(14-6-17)36-27(38)24-23(16-3-7-18(32)8-4-16)26-29(43-25(24)28(36)39)35(31(41)44-26)15-22(37)34-20-11-9-19(33)10-12-20/h3-14,23-25H,2,15H2,1H3,(H,34,37)/t23-,24+,25-/m0/s1. The summed E-state index contributed by atoms with van der Waals surface area (Å²) in [5.41, 5.74) is 1.40. The second kappa shape index (κ2) is 11.8. The maximum atomic E-state index is 14.0. The highest BCUT2D eigenvalue weighted by molar-refractivity contribution is 8.00. The van der Waals surface area contributed by atoms with Crippen molar-refractivity contribution in [3.63, 3.8) is 0 Å². The summed E-state index contributed by atoms with van der Waals surface area (Å²) in [5.74, 6) is -4.75. The normalized spacial score (nSPS) is 19.0. The van der Waals surface area contributed by atoms with Crippen molar-refractivity contribution in [2.75, 3.05) is 16.8 Å². The number of hydrogen-bond acceptors (Lipinski definition) is 8. The number of rotatable bonds is 7. The van der Waals surface area contributed by atoms with E-state index >= 15 is 0 Å². The zero-order valence-corrected chi connectivity index (χ0v) is 24.6. The number of esters is 1. The van der Waals surface area contributed by atoms with Gasteiger partial charge in [-0.25, -0.2) is 18.5 Å². The highest BCUT2D eigenvalue weighted by Crippen LogP contribution is 2.53. The van der Waals surface area contributed by atoms with Crippen LogP contribution in [0.4, 0.5) is 20.2 Å². The van der Waals surface area contributed by atoms with Gasteiger partial charge in [0.1, 0.15) is 23.4 Å². The molecule has 224 valence electrons. The summed E-state index contributed by atoms with van der Waals surface area (Å²) in [5, 5.41) is 2.05. The number of benzene rings is 3. The number of ether oxygens (including phenoxy) is 1. The Balaban J connectivity index is 1.36. The van der Waals surface area contributed by atoms with E-state index in [1.807, 2.05) is 0 Å². The number of thioether (sulfide) groups is 1. The molecule has 0 aliphatic carbocycles. The molecule has 44 heavy (non-hydrogen) atoms. The Morgan fingerprint density at radius 1 is 0.886 bits per heavy atom. The summed E-state index contributed by atoms with van der Waals surface area (Å²) in [4.78, 5) is 67.2.